The summed E-state index contributed by atoms with van der Waals surface area (Å²) in [7, 11) is 0. The first-order chi connectivity index (χ1) is 12.1. The molecule has 0 aliphatic carbocycles. The Labute approximate surface area is 152 Å². The van der Waals surface area contributed by atoms with Crippen molar-refractivity contribution in [1.29, 1.82) is 0 Å². The van der Waals surface area contributed by atoms with Crippen LogP contribution in [0.15, 0.2) is 29.3 Å². The van der Waals surface area contributed by atoms with E-state index in [4.69, 9.17) is 9.73 Å². The second-order valence-corrected chi connectivity index (χ2v) is 7.02. The molecule has 5 nitrogen and oxygen atoms in total. The van der Waals surface area contributed by atoms with E-state index in [1.807, 2.05) is 0 Å². The van der Waals surface area contributed by atoms with Crippen LogP contribution in [-0.4, -0.2) is 56.3 Å². The average Bonchev–Trinajstić information content (AvgIpc) is 2.61. The van der Waals surface area contributed by atoms with Gasteiger partial charge in [-0.3, -0.25) is 4.90 Å². The number of nitrogens with one attached hydrogen (secondary N) is 2. The van der Waals surface area contributed by atoms with E-state index in [-0.39, 0.29) is 0 Å². The van der Waals surface area contributed by atoms with Gasteiger partial charge in [0.15, 0.2) is 5.96 Å². The summed E-state index contributed by atoms with van der Waals surface area (Å²) in [4.78, 5) is 7.27. The molecule has 2 N–H and O–H groups in total. The van der Waals surface area contributed by atoms with Crippen LogP contribution in [0.3, 0.4) is 0 Å². The molecule has 1 unspecified atom stereocenters. The molecule has 140 valence electrons. The normalized spacial score (nSPS) is 17.6. The monoisotopic (exact) mass is 346 g/mol. The minimum absolute atomic E-state index is 0.493. The number of hydrogen-bond acceptors (Lipinski definition) is 3. The first-order valence-corrected chi connectivity index (χ1v) is 9.49. The molecule has 0 bridgehead atoms. The lowest BCUT2D eigenvalue weighted by atomic mass is 10.0. The van der Waals surface area contributed by atoms with Crippen molar-refractivity contribution < 1.29 is 4.74 Å². The Kier molecular flexibility index (Phi) is 8.22. The van der Waals surface area contributed by atoms with Crippen molar-refractivity contribution in [2.75, 3.05) is 39.4 Å². The number of aliphatic imine (C=N–C) groups is 1. The summed E-state index contributed by atoms with van der Waals surface area (Å²) in [5.74, 6) is 1.48. The molecule has 1 aliphatic heterocycles. The molecule has 0 aromatic heterocycles. The standard InChI is InChI=1S/C20H34N4O/c1-5-21-20(22-14-18-8-6-17(4)7-9-18)23-15-19(16(2)3)24-10-12-25-13-11-24/h6-9,16,19H,5,10-15H2,1-4H3,(H2,21,22,23). The summed E-state index contributed by atoms with van der Waals surface area (Å²) in [6.45, 7) is 15.0. The summed E-state index contributed by atoms with van der Waals surface area (Å²) in [6, 6.07) is 9.06. The number of nitrogens with zero attached hydrogens (tertiary/aromatic N) is 2. The van der Waals surface area contributed by atoms with Gasteiger partial charge in [-0.1, -0.05) is 43.7 Å². The van der Waals surface area contributed by atoms with Gasteiger partial charge in [0.05, 0.1) is 19.8 Å². The molecule has 1 aliphatic rings. The predicted molar refractivity (Wildman–Crippen MR) is 105 cm³/mol. The van der Waals surface area contributed by atoms with Gasteiger partial charge in [0.25, 0.3) is 0 Å². The Bertz CT molecular complexity index is 521. The third kappa shape index (κ3) is 6.67. The van der Waals surface area contributed by atoms with Crippen LogP contribution in [-0.2, 0) is 11.3 Å². The maximum Gasteiger partial charge on any atom is 0.191 e. The fourth-order valence-electron chi connectivity index (χ4n) is 3.10. The molecule has 2 rings (SSSR count). The van der Waals surface area contributed by atoms with Crippen molar-refractivity contribution in [2.45, 2.75) is 40.3 Å². The molecule has 1 atom stereocenters. The van der Waals surface area contributed by atoms with Crippen LogP contribution in [0.4, 0.5) is 0 Å². The lowest BCUT2D eigenvalue weighted by Gasteiger charge is -2.37. The van der Waals surface area contributed by atoms with Crippen molar-refractivity contribution in [2.24, 2.45) is 10.9 Å². The number of rotatable bonds is 7. The van der Waals surface area contributed by atoms with Crippen LogP contribution in [0.5, 0.6) is 0 Å². The van der Waals surface area contributed by atoms with Crippen molar-refractivity contribution >= 4 is 5.96 Å². The smallest absolute Gasteiger partial charge is 0.191 e. The third-order valence-electron chi connectivity index (χ3n) is 4.65. The Morgan fingerprint density at radius 2 is 1.84 bits per heavy atom. The molecule has 0 spiro atoms. The SMILES string of the molecule is CCNC(=NCc1ccc(C)cc1)NCC(C(C)C)N1CCOCC1. The maximum absolute atomic E-state index is 5.49. The summed E-state index contributed by atoms with van der Waals surface area (Å²) in [5.41, 5.74) is 2.51. The molecular weight excluding hydrogens is 312 g/mol. The molecule has 25 heavy (non-hydrogen) atoms. The van der Waals surface area contributed by atoms with E-state index >= 15 is 0 Å². The highest BCUT2D eigenvalue weighted by molar-refractivity contribution is 5.79. The number of morpholine rings is 1. The van der Waals surface area contributed by atoms with Crippen molar-refractivity contribution in [3.8, 4) is 0 Å². The average molecular weight is 347 g/mol. The van der Waals surface area contributed by atoms with Gasteiger partial charge in [0.2, 0.25) is 0 Å². The van der Waals surface area contributed by atoms with Crippen LogP contribution in [0.25, 0.3) is 0 Å². The molecule has 1 saturated heterocycles. The van der Waals surface area contributed by atoms with E-state index in [0.29, 0.717) is 18.5 Å². The van der Waals surface area contributed by atoms with Crippen LogP contribution in [0, 0.1) is 12.8 Å². The zero-order chi connectivity index (χ0) is 18.1. The Morgan fingerprint density at radius 1 is 1.16 bits per heavy atom. The van der Waals surface area contributed by atoms with Crippen molar-refractivity contribution in [3.05, 3.63) is 35.4 Å². The Hall–Kier alpha value is -1.59. The lowest BCUT2D eigenvalue weighted by molar-refractivity contribution is 0.00752. The van der Waals surface area contributed by atoms with Gasteiger partial charge < -0.3 is 15.4 Å². The first-order valence-electron chi connectivity index (χ1n) is 9.49. The number of ether oxygens (including phenoxy) is 1. The van der Waals surface area contributed by atoms with E-state index in [9.17, 15) is 0 Å². The second-order valence-electron chi connectivity index (χ2n) is 7.02. The summed E-state index contributed by atoms with van der Waals surface area (Å²) < 4.78 is 5.49. The van der Waals surface area contributed by atoms with Gasteiger partial charge >= 0.3 is 0 Å². The summed E-state index contributed by atoms with van der Waals surface area (Å²) in [6.07, 6.45) is 0. The van der Waals surface area contributed by atoms with Gasteiger partial charge in [-0.05, 0) is 25.3 Å². The highest BCUT2D eigenvalue weighted by Gasteiger charge is 2.23. The van der Waals surface area contributed by atoms with Gasteiger partial charge in [-0.2, -0.15) is 0 Å². The number of guanidine groups is 1. The largest absolute Gasteiger partial charge is 0.379 e. The minimum Gasteiger partial charge on any atom is -0.379 e. The van der Waals surface area contributed by atoms with Crippen LogP contribution in [0.1, 0.15) is 31.9 Å². The molecule has 0 amide bonds. The van der Waals surface area contributed by atoms with E-state index < -0.39 is 0 Å². The van der Waals surface area contributed by atoms with Crippen molar-refractivity contribution in [1.82, 2.24) is 15.5 Å². The van der Waals surface area contributed by atoms with Crippen LogP contribution in [0.2, 0.25) is 0 Å². The van der Waals surface area contributed by atoms with E-state index in [2.05, 4.69) is 67.5 Å². The predicted octanol–water partition coefficient (Wildman–Crippen LogP) is 2.41. The maximum atomic E-state index is 5.49. The molecule has 1 aromatic rings. The first kappa shape index (κ1) is 19.7. The van der Waals surface area contributed by atoms with Gasteiger partial charge in [-0.25, -0.2) is 4.99 Å². The zero-order valence-corrected chi connectivity index (χ0v) is 16.2. The molecule has 0 radical (unpaired) electrons. The molecule has 1 aromatic carbocycles. The quantitative estimate of drug-likeness (QED) is 0.588. The molecule has 1 heterocycles. The Balaban J connectivity index is 1.93. The molecule has 0 saturated carbocycles. The van der Waals surface area contributed by atoms with E-state index in [0.717, 1.165) is 45.4 Å². The number of hydrogen-bond donors (Lipinski definition) is 2. The topological polar surface area (TPSA) is 48.9 Å². The fraction of sp³-hybridized carbons (Fsp3) is 0.650. The highest BCUT2D eigenvalue weighted by atomic mass is 16.5. The van der Waals surface area contributed by atoms with E-state index in [1.165, 1.54) is 11.1 Å². The molecular formula is C20H34N4O. The number of benzene rings is 1. The highest BCUT2D eigenvalue weighted by Crippen LogP contribution is 2.12. The van der Waals surface area contributed by atoms with E-state index in [1.54, 1.807) is 0 Å². The Morgan fingerprint density at radius 3 is 2.44 bits per heavy atom. The van der Waals surface area contributed by atoms with Crippen LogP contribution < -0.4 is 10.6 Å². The van der Waals surface area contributed by atoms with Crippen LogP contribution >= 0.6 is 0 Å². The molecule has 1 fully saturated rings. The van der Waals surface area contributed by atoms with Gasteiger partial charge in [0.1, 0.15) is 0 Å². The minimum atomic E-state index is 0.493. The van der Waals surface area contributed by atoms with Gasteiger partial charge in [-0.15, -0.1) is 0 Å². The zero-order valence-electron chi connectivity index (χ0n) is 16.2. The lowest BCUT2D eigenvalue weighted by Crippen LogP contribution is -2.52. The third-order valence-corrected chi connectivity index (χ3v) is 4.65. The number of aryl methyl sites for hydroxylation is 1. The fourth-order valence-corrected chi connectivity index (χ4v) is 3.10. The molecule has 5 heteroatoms. The van der Waals surface area contributed by atoms with Gasteiger partial charge in [0, 0.05) is 32.2 Å². The van der Waals surface area contributed by atoms with Crippen molar-refractivity contribution in [3.63, 3.8) is 0 Å². The second kappa shape index (κ2) is 10.4. The summed E-state index contributed by atoms with van der Waals surface area (Å²) >= 11 is 0. The summed E-state index contributed by atoms with van der Waals surface area (Å²) in [5, 5.41) is 6.89.